The van der Waals surface area contributed by atoms with Crippen molar-refractivity contribution in [3.8, 4) is 12.3 Å². The number of fused-ring (bicyclic) bond motifs is 1. The number of carboxylic acids is 1. The van der Waals surface area contributed by atoms with Crippen LogP contribution in [0.25, 0.3) is 0 Å². The largest absolute Gasteiger partial charge is 0.477 e. The fourth-order valence-electron chi connectivity index (χ4n) is 3.29. The normalized spacial score (nSPS) is 19.4. The predicted octanol–water partition coefficient (Wildman–Crippen LogP) is -0.213. The van der Waals surface area contributed by atoms with Gasteiger partial charge in [0.2, 0.25) is 5.16 Å². The summed E-state index contributed by atoms with van der Waals surface area (Å²) in [7, 11) is 1.66. The van der Waals surface area contributed by atoms with E-state index in [1.54, 1.807) is 7.05 Å². The van der Waals surface area contributed by atoms with E-state index in [1.165, 1.54) is 28.2 Å². The number of hydrogen-bond donors (Lipinski definition) is 3. The Morgan fingerprint density at radius 3 is 2.89 bits per heavy atom. The summed E-state index contributed by atoms with van der Waals surface area (Å²) in [6.45, 7) is -0.222. The molecule has 2 atom stereocenters. The first kappa shape index (κ1) is 25.8. The second kappa shape index (κ2) is 10.7. The van der Waals surface area contributed by atoms with Crippen LogP contribution in [0.2, 0.25) is 4.34 Å². The first-order chi connectivity index (χ1) is 17.2. The number of halogens is 1. The summed E-state index contributed by atoms with van der Waals surface area (Å²) < 4.78 is 1.55. The van der Waals surface area contributed by atoms with E-state index in [-0.39, 0.29) is 38.9 Å². The van der Waals surface area contributed by atoms with Crippen molar-refractivity contribution in [1.29, 1.82) is 0 Å². The number of aromatic nitrogens is 5. The molecule has 2 aromatic heterocycles. The molecule has 2 amide bonds. The van der Waals surface area contributed by atoms with E-state index in [9.17, 15) is 19.5 Å². The highest BCUT2D eigenvalue weighted by molar-refractivity contribution is 8.01. The Hall–Kier alpha value is -3.33. The molecule has 36 heavy (non-hydrogen) atoms. The van der Waals surface area contributed by atoms with Crippen molar-refractivity contribution in [1.82, 2.24) is 35.4 Å². The Morgan fingerprint density at radius 2 is 2.28 bits per heavy atom. The smallest absolute Gasteiger partial charge is 0.352 e. The van der Waals surface area contributed by atoms with Gasteiger partial charge in [0.1, 0.15) is 27.1 Å². The van der Waals surface area contributed by atoms with Gasteiger partial charge in [-0.3, -0.25) is 14.5 Å². The third-order valence-corrected chi connectivity index (χ3v) is 8.36. The number of oxime groups is 1. The van der Waals surface area contributed by atoms with Crippen LogP contribution in [0.1, 0.15) is 5.69 Å². The zero-order valence-corrected chi connectivity index (χ0v) is 21.4. The van der Waals surface area contributed by atoms with Crippen molar-refractivity contribution in [2.24, 2.45) is 12.2 Å². The Balaban J connectivity index is 1.51. The molecule has 0 radical (unpaired) electrons. The van der Waals surface area contributed by atoms with Crippen LogP contribution in [-0.2, 0) is 26.3 Å². The Kier molecular flexibility index (Phi) is 7.68. The van der Waals surface area contributed by atoms with Crippen LogP contribution in [0.3, 0.4) is 0 Å². The van der Waals surface area contributed by atoms with Gasteiger partial charge in [0.15, 0.2) is 17.5 Å². The maximum Gasteiger partial charge on any atom is 0.352 e. The zero-order valence-electron chi connectivity index (χ0n) is 18.2. The number of nitrogens with two attached hydrogens (primary N) is 1. The summed E-state index contributed by atoms with van der Waals surface area (Å²) in [6, 6.07) is -1.01. The third-order valence-electron chi connectivity index (χ3n) is 4.84. The molecule has 0 aromatic carbocycles. The molecule has 1 fully saturated rings. The Morgan fingerprint density at radius 1 is 1.50 bits per heavy atom. The number of β-lactam (4-membered cyclic amide) rings is 1. The first-order valence-electron chi connectivity index (χ1n) is 9.84. The number of terminal acetylenes is 1. The number of amides is 2. The standard InChI is InChI=1S/C18H16ClN9O5S3/c1-3-4-33-24-9(8-12(19)36-17(20)22-8)13(29)21-10-14(30)28-11(16(31)32)7(5-34-15(10)28)6-35-18-23-25-26-27(18)2/h1,10,15H,4-6H2,2H3,(H2,20,22)(H,21,29)(H,31,32)/t10?,15-/m1/s1. The molecule has 4 heterocycles. The third kappa shape index (κ3) is 4.97. The lowest BCUT2D eigenvalue weighted by atomic mass is 10.0. The van der Waals surface area contributed by atoms with Crippen molar-refractivity contribution >= 4 is 75.1 Å². The Labute approximate surface area is 220 Å². The van der Waals surface area contributed by atoms with E-state index in [2.05, 4.69) is 36.9 Å². The second-order valence-electron chi connectivity index (χ2n) is 7.08. The van der Waals surface area contributed by atoms with Gasteiger partial charge >= 0.3 is 5.97 Å². The van der Waals surface area contributed by atoms with Crippen molar-refractivity contribution in [3.63, 3.8) is 0 Å². The summed E-state index contributed by atoms with van der Waals surface area (Å²) in [4.78, 5) is 48.1. The molecule has 4 N–H and O–H groups in total. The monoisotopic (exact) mass is 569 g/mol. The van der Waals surface area contributed by atoms with Gasteiger partial charge < -0.3 is 21.0 Å². The number of thioether (sulfide) groups is 2. The molecule has 2 aliphatic heterocycles. The minimum Gasteiger partial charge on any atom is -0.477 e. The molecule has 14 nitrogen and oxygen atoms in total. The predicted molar refractivity (Wildman–Crippen MR) is 132 cm³/mol. The van der Waals surface area contributed by atoms with Crippen molar-refractivity contribution < 1.29 is 24.3 Å². The van der Waals surface area contributed by atoms with Crippen LogP contribution < -0.4 is 11.1 Å². The molecule has 4 rings (SSSR count). The lowest BCUT2D eigenvalue weighted by Gasteiger charge is -2.49. The van der Waals surface area contributed by atoms with Gasteiger partial charge in [-0.05, 0) is 16.0 Å². The molecular weight excluding hydrogens is 554 g/mol. The van der Waals surface area contributed by atoms with Gasteiger partial charge in [-0.25, -0.2) is 14.5 Å². The van der Waals surface area contributed by atoms with Crippen LogP contribution in [0.4, 0.5) is 5.13 Å². The van der Waals surface area contributed by atoms with Gasteiger partial charge in [-0.1, -0.05) is 45.8 Å². The van der Waals surface area contributed by atoms with Gasteiger partial charge in [0.25, 0.3) is 11.8 Å². The molecule has 2 aromatic rings. The van der Waals surface area contributed by atoms with Gasteiger partial charge in [0, 0.05) is 18.6 Å². The minimum atomic E-state index is -1.25. The number of aryl methyl sites for hydroxylation is 1. The van der Waals surface area contributed by atoms with E-state index < -0.39 is 29.2 Å². The number of carbonyl (C=O) groups is 3. The van der Waals surface area contributed by atoms with Crippen molar-refractivity contribution in [3.05, 3.63) is 21.3 Å². The van der Waals surface area contributed by atoms with Crippen molar-refractivity contribution in [2.45, 2.75) is 16.6 Å². The van der Waals surface area contributed by atoms with Gasteiger partial charge in [-0.15, -0.1) is 23.3 Å². The fourth-order valence-corrected chi connectivity index (χ4v) is 6.55. The van der Waals surface area contributed by atoms with E-state index in [4.69, 9.17) is 28.6 Å². The van der Waals surface area contributed by atoms with E-state index in [1.807, 2.05) is 0 Å². The summed E-state index contributed by atoms with van der Waals surface area (Å²) in [5, 5.41) is 27.2. The van der Waals surface area contributed by atoms with Crippen LogP contribution in [0, 0.1) is 12.3 Å². The van der Waals surface area contributed by atoms with Crippen LogP contribution in [0.5, 0.6) is 0 Å². The minimum absolute atomic E-state index is 0.0303. The Bertz CT molecular complexity index is 1330. The molecule has 0 spiro atoms. The number of hydrogen-bond acceptors (Lipinski definition) is 13. The van der Waals surface area contributed by atoms with E-state index >= 15 is 0 Å². The second-order valence-corrected chi connectivity index (χ2v) is 10.8. The zero-order chi connectivity index (χ0) is 26.0. The van der Waals surface area contributed by atoms with Crippen LogP contribution in [0.15, 0.2) is 21.6 Å². The molecule has 0 aliphatic carbocycles. The number of tetrazole rings is 1. The van der Waals surface area contributed by atoms with Crippen molar-refractivity contribution in [2.75, 3.05) is 23.8 Å². The van der Waals surface area contributed by atoms with E-state index in [0.717, 1.165) is 16.2 Å². The lowest BCUT2D eigenvalue weighted by molar-refractivity contribution is -0.150. The fraction of sp³-hybridized carbons (Fsp3) is 0.333. The molecular formula is C18H16ClN9O5S3. The first-order valence-corrected chi connectivity index (χ1v) is 13.1. The molecule has 0 saturated carbocycles. The summed E-state index contributed by atoms with van der Waals surface area (Å²) in [5.41, 5.74) is 5.72. The van der Waals surface area contributed by atoms with Gasteiger partial charge in [-0.2, -0.15) is 0 Å². The molecule has 2 aliphatic rings. The summed E-state index contributed by atoms with van der Waals surface area (Å²) in [6.07, 6.45) is 5.15. The molecule has 18 heteroatoms. The number of anilines is 1. The molecule has 1 saturated heterocycles. The number of carbonyl (C=O) groups excluding carboxylic acids is 2. The molecule has 188 valence electrons. The molecule has 1 unspecified atom stereocenters. The number of thiazole rings is 1. The summed E-state index contributed by atoms with van der Waals surface area (Å²) >= 11 is 9.61. The number of nitrogens with zero attached hydrogens (tertiary/aromatic N) is 7. The van der Waals surface area contributed by atoms with Crippen LogP contribution >= 0.6 is 46.5 Å². The molecule has 0 bridgehead atoms. The maximum absolute atomic E-state index is 13.0. The summed E-state index contributed by atoms with van der Waals surface area (Å²) in [5.74, 6) is 0.146. The van der Waals surface area contributed by atoms with E-state index in [0.29, 0.717) is 16.5 Å². The number of nitrogens with one attached hydrogen (secondary N) is 1. The SMILES string of the molecule is C#CCON=C(C(=O)NC1C(=O)N2C(C(=O)O)=C(CSc3nnnn3C)CS[C@H]12)c1nc(N)sc1Cl. The van der Waals surface area contributed by atoms with Crippen LogP contribution in [-0.4, -0.2) is 88.2 Å². The highest BCUT2D eigenvalue weighted by Gasteiger charge is 2.54. The average molecular weight is 570 g/mol. The highest BCUT2D eigenvalue weighted by atomic mass is 35.5. The number of carboxylic acid groups (broad SMARTS) is 1. The topological polar surface area (TPSA) is 191 Å². The lowest BCUT2D eigenvalue weighted by Crippen LogP contribution is -2.71. The average Bonchev–Trinajstić information content (AvgIpc) is 3.41. The van der Waals surface area contributed by atoms with Gasteiger partial charge in [0.05, 0.1) is 0 Å². The number of aliphatic carboxylic acids is 1. The maximum atomic E-state index is 13.0. The highest BCUT2D eigenvalue weighted by Crippen LogP contribution is 2.41. The number of rotatable bonds is 9. The number of nitrogen functional groups attached to an aromatic ring is 1. The quantitative estimate of drug-likeness (QED) is 0.0900.